The average molecular weight is 380 g/mol. The monoisotopic (exact) mass is 380 g/mol. The van der Waals surface area contributed by atoms with Gasteiger partial charge in [-0.3, -0.25) is 5.32 Å². The largest absolute Gasteiger partial charge is 0.379 e. The van der Waals surface area contributed by atoms with E-state index < -0.39 is 30.4 Å². The van der Waals surface area contributed by atoms with E-state index in [0.29, 0.717) is 25.2 Å². The summed E-state index contributed by atoms with van der Waals surface area (Å²) in [7, 11) is 1.52. The number of nitrogens with one attached hydrogen (secondary N) is 3. The molecule has 0 radical (unpaired) electrons. The van der Waals surface area contributed by atoms with Crippen LogP contribution in [0.5, 0.6) is 0 Å². The Kier molecular flexibility index (Phi) is 5.93. The van der Waals surface area contributed by atoms with E-state index in [2.05, 4.69) is 16.0 Å². The Balaban J connectivity index is 1.67. The Labute approximate surface area is 157 Å². The Morgan fingerprint density at radius 2 is 2.04 bits per heavy atom. The highest BCUT2D eigenvalue weighted by Gasteiger charge is 2.41. The number of imide groups is 1. The van der Waals surface area contributed by atoms with Crippen LogP contribution >= 0.6 is 0 Å². The van der Waals surface area contributed by atoms with E-state index in [0.717, 1.165) is 10.5 Å². The number of halogens is 1. The third-order valence-electron chi connectivity index (χ3n) is 4.91. The van der Waals surface area contributed by atoms with Crippen LogP contribution in [-0.4, -0.2) is 55.7 Å². The molecule has 148 valence electrons. The van der Waals surface area contributed by atoms with Crippen LogP contribution in [0.4, 0.5) is 14.0 Å². The molecule has 2 saturated heterocycles. The molecule has 3 rings (SSSR count). The van der Waals surface area contributed by atoms with Crippen LogP contribution < -0.4 is 16.0 Å². The second-order valence-electron chi connectivity index (χ2n) is 6.82. The molecule has 2 aliphatic heterocycles. The molecule has 3 N–H and O–H groups in total. The molecule has 0 aromatic heterocycles. The SMILES string of the molecule is CO[C@H]1COCC[C@@H]1N1C(=O)NC(N[C@@H](C)c2cc(C)ccc2F)NC1=O. The Hall–Kier alpha value is -2.23. The fourth-order valence-corrected chi connectivity index (χ4v) is 3.45. The van der Waals surface area contributed by atoms with E-state index in [1.54, 1.807) is 19.1 Å². The van der Waals surface area contributed by atoms with Crippen molar-refractivity contribution in [1.82, 2.24) is 20.9 Å². The lowest BCUT2D eigenvalue weighted by molar-refractivity contribution is -0.0677. The van der Waals surface area contributed by atoms with Gasteiger partial charge in [0.05, 0.1) is 12.6 Å². The molecule has 9 heteroatoms. The summed E-state index contributed by atoms with van der Waals surface area (Å²) in [5.74, 6) is -0.346. The molecular formula is C18H25FN4O4. The zero-order valence-corrected chi connectivity index (χ0v) is 15.6. The first-order valence-electron chi connectivity index (χ1n) is 8.93. The normalized spacial score (nSPS) is 25.1. The molecule has 0 saturated carbocycles. The van der Waals surface area contributed by atoms with E-state index in [9.17, 15) is 14.0 Å². The number of methoxy groups -OCH3 is 1. The topological polar surface area (TPSA) is 91.9 Å². The first kappa shape index (κ1) is 19.5. The van der Waals surface area contributed by atoms with Crippen molar-refractivity contribution in [3.63, 3.8) is 0 Å². The van der Waals surface area contributed by atoms with E-state index in [1.165, 1.54) is 13.2 Å². The summed E-state index contributed by atoms with van der Waals surface area (Å²) in [6.45, 7) is 4.41. The molecule has 0 spiro atoms. The standard InChI is InChI=1S/C18H25FN4O4/c1-10-4-5-13(19)12(8-10)11(2)20-16-21-17(24)23(18(25)22-16)14-6-7-27-9-15(14)26-3/h4-5,8,11,14-16,20H,6-7,9H2,1-3H3,(H,21,24)(H,22,25)/t11-,14-,15-/m0/s1. The van der Waals surface area contributed by atoms with Gasteiger partial charge < -0.3 is 20.1 Å². The minimum absolute atomic E-state index is 0.323. The summed E-state index contributed by atoms with van der Waals surface area (Å²) >= 11 is 0. The van der Waals surface area contributed by atoms with Crippen LogP contribution in [0.1, 0.15) is 30.5 Å². The van der Waals surface area contributed by atoms with Gasteiger partial charge in [0.2, 0.25) is 0 Å². The van der Waals surface area contributed by atoms with E-state index in [1.807, 2.05) is 6.92 Å². The minimum atomic E-state index is -0.808. The van der Waals surface area contributed by atoms with Crippen molar-refractivity contribution in [2.45, 2.75) is 44.7 Å². The Bertz CT molecular complexity index is 699. The number of ether oxygens (including phenoxy) is 2. The van der Waals surface area contributed by atoms with Crippen molar-refractivity contribution in [3.8, 4) is 0 Å². The highest BCUT2D eigenvalue weighted by Crippen LogP contribution is 2.21. The fraction of sp³-hybridized carbons (Fsp3) is 0.556. The number of benzene rings is 1. The van der Waals surface area contributed by atoms with Gasteiger partial charge in [0.25, 0.3) is 0 Å². The number of amides is 4. The number of carbonyl (C=O) groups is 2. The van der Waals surface area contributed by atoms with Crippen molar-refractivity contribution >= 4 is 12.1 Å². The van der Waals surface area contributed by atoms with Crippen LogP contribution in [0.3, 0.4) is 0 Å². The lowest BCUT2D eigenvalue weighted by Crippen LogP contribution is -2.71. The summed E-state index contributed by atoms with van der Waals surface area (Å²) in [6, 6.07) is 2.95. The van der Waals surface area contributed by atoms with Crippen LogP contribution in [0.15, 0.2) is 18.2 Å². The lowest BCUT2D eigenvalue weighted by Gasteiger charge is -2.41. The Morgan fingerprint density at radius 1 is 1.33 bits per heavy atom. The van der Waals surface area contributed by atoms with Gasteiger partial charge >= 0.3 is 12.1 Å². The summed E-state index contributed by atoms with van der Waals surface area (Å²) in [5.41, 5.74) is 1.39. The summed E-state index contributed by atoms with van der Waals surface area (Å²) in [5, 5.41) is 8.42. The fourth-order valence-electron chi connectivity index (χ4n) is 3.45. The van der Waals surface area contributed by atoms with Gasteiger partial charge in [-0.25, -0.2) is 18.9 Å². The third kappa shape index (κ3) is 4.20. The first-order valence-corrected chi connectivity index (χ1v) is 8.93. The molecule has 2 fully saturated rings. The highest BCUT2D eigenvalue weighted by atomic mass is 19.1. The molecule has 2 aliphatic rings. The number of nitrogens with zero attached hydrogens (tertiary/aromatic N) is 1. The van der Waals surface area contributed by atoms with Crippen molar-refractivity contribution < 1.29 is 23.5 Å². The zero-order valence-electron chi connectivity index (χ0n) is 15.6. The molecule has 0 bridgehead atoms. The van der Waals surface area contributed by atoms with Crippen LogP contribution in [0, 0.1) is 12.7 Å². The van der Waals surface area contributed by atoms with Gasteiger partial charge in [-0.05, 0) is 26.3 Å². The predicted octanol–water partition coefficient (Wildman–Crippen LogP) is 1.61. The number of hydrogen-bond acceptors (Lipinski definition) is 5. The van der Waals surface area contributed by atoms with Crippen molar-refractivity contribution in [3.05, 3.63) is 35.1 Å². The number of hydrogen-bond donors (Lipinski definition) is 3. The second kappa shape index (κ2) is 8.20. The van der Waals surface area contributed by atoms with Crippen molar-refractivity contribution in [2.24, 2.45) is 0 Å². The highest BCUT2D eigenvalue weighted by molar-refractivity contribution is 5.96. The number of urea groups is 2. The maximum Gasteiger partial charge on any atom is 0.328 e. The van der Waals surface area contributed by atoms with E-state index in [-0.39, 0.29) is 11.9 Å². The third-order valence-corrected chi connectivity index (χ3v) is 4.91. The maximum atomic E-state index is 14.1. The van der Waals surface area contributed by atoms with Crippen LogP contribution in [0.25, 0.3) is 0 Å². The van der Waals surface area contributed by atoms with Crippen LogP contribution in [-0.2, 0) is 9.47 Å². The van der Waals surface area contributed by atoms with Crippen LogP contribution in [0.2, 0.25) is 0 Å². The molecule has 8 nitrogen and oxygen atoms in total. The summed E-state index contributed by atoms with van der Waals surface area (Å²) in [6.07, 6.45) is -0.681. The molecule has 2 heterocycles. The van der Waals surface area contributed by atoms with Gasteiger partial charge in [-0.2, -0.15) is 0 Å². The molecule has 1 aromatic rings. The zero-order chi connectivity index (χ0) is 19.6. The molecular weight excluding hydrogens is 355 g/mol. The smallest absolute Gasteiger partial charge is 0.328 e. The molecule has 0 aliphatic carbocycles. The van der Waals surface area contributed by atoms with Gasteiger partial charge in [0.15, 0.2) is 6.29 Å². The second-order valence-corrected chi connectivity index (χ2v) is 6.82. The van der Waals surface area contributed by atoms with E-state index >= 15 is 0 Å². The molecule has 1 aromatic carbocycles. The quantitative estimate of drug-likeness (QED) is 0.722. The summed E-state index contributed by atoms with van der Waals surface area (Å²) < 4.78 is 24.8. The van der Waals surface area contributed by atoms with Gasteiger partial charge in [0.1, 0.15) is 11.9 Å². The predicted molar refractivity (Wildman–Crippen MR) is 95.4 cm³/mol. The molecule has 27 heavy (non-hydrogen) atoms. The van der Waals surface area contributed by atoms with Crippen molar-refractivity contribution in [2.75, 3.05) is 20.3 Å². The van der Waals surface area contributed by atoms with Gasteiger partial charge in [0, 0.05) is 25.3 Å². The molecule has 0 unspecified atom stereocenters. The lowest BCUT2D eigenvalue weighted by atomic mass is 10.0. The van der Waals surface area contributed by atoms with Gasteiger partial charge in [-0.15, -0.1) is 0 Å². The number of carbonyl (C=O) groups excluding carboxylic acids is 2. The van der Waals surface area contributed by atoms with Crippen molar-refractivity contribution in [1.29, 1.82) is 0 Å². The van der Waals surface area contributed by atoms with E-state index in [4.69, 9.17) is 9.47 Å². The molecule has 4 amide bonds. The minimum Gasteiger partial charge on any atom is -0.379 e. The number of aryl methyl sites for hydroxylation is 1. The first-order chi connectivity index (χ1) is 12.9. The maximum absolute atomic E-state index is 14.1. The number of rotatable bonds is 5. The van der Waals surface area contributed by atoms with Gasteiger partial charge in [-0.1, -0.05) is 17.7 Å². The molecule has 3 atom stereocenters. The average Bonchev–Trinajstić information content (AvgIpc) is 2.63. The summed E-state index contributed by atoms with van der Waals surface area (Å²) in [4.78, 5) is 26.2. The Morgan fingerprint density at radius 3 is 2.70 bits per heavy atom.